The van der Waals surface area contributed by atoms with Crippen molar-refractivity contribution in [3.05, 3.63) is 70.7 Å². The quantitative estimate of drug-likeness (QED) is 0.718. The van der Waals surface area contributed by atoms with E-state index < -0.39 is 10.0 Å². The lowest BCUT2D eigenvalue weighted by molar-refractivity contribution is 0.102. The predicted molar refractivity (Wildman–Crippen MR) is 98.7 cm³/mol. The van der Waals surface area contributed by atoms with Crippen molar-refractivity contribution in [1.82, 2.24) is 4.72 Å². The SMILES string of the molecule is C=CCNS(=O)(=O)c1ccc(C(=O)Nc2ccc(Br)cc2C)cc1. The molecule has 0 aliphatic heterocycles. The van der Waals surface area contributed by atoms with Gasteiger partial charge in [-0.2, -0.15) is 0 Å². The highest BCUT2D eigenvalue weighted by Crippen LogP contribution is 2.21. The summed E-state index contributed by atoms with van der Waals surface area (Å²) in [6.07, 6.45) is 1.46. The maximum atomic E-state index is 12.3. The number of anilines is 1. The van der Waals surface area contributed by atoms with Crippen LogP contribution in [0, 0.1) is 6.92 Å². The molecule has 0 bridgehead atoms. The molecule has 7 heteroatoms. The molecule has 2 rings (SSSR count). The molecular weight excluding hydrogens is 392 g/mol. The number of halogens is 1. The second-order valence-corrected chi connectivity index (χ2v) is 7.76. The Morgan fingerprint density at radius 1 is 1.21 bits per heavy atom. The molecule has 1 amide bonds. The van der Waals surface area contributed by atoms with Gasteiger partial charge < -0.3 is 5.32 Å². The first-order valence-corrected chi connectivity index (χ1v) is 9.39. The number of sulfonamides is 1. The first-order valence-electron chi connectivity index (χ1n) is 7.11. The summed E-state index contributed by atoms with van der Waals surface area (Å²) in [5, 5.41) is 2.81. The van der Waals surface area contributed by atoms with Gasteiger partial charge in [-0.05, 0) is 55.0 Å². The van der Waals surface area contributed by atoms with E-state index in [9.17, 15) is 13.2 Å². The molecule has 24 heavy (non-hydrogen) atoms. The zero-order valence-corrected chi connectivity index (χ0v) is 15.4. The Bertz CT molecular complexity index is 862. The molecule has 0 saturated heterocycles. The van der Waals surface area contributed by atoms with Crippen molar-refractivity contribution in [3.8, 4) is 0 Å². The Balaban J connectivity index is 2.15. The maximum Gasteiger partial charge on any atom is 0.255 e. The lowest BCUT2D eigenvalue weighted by atomic mass is 10.1. The highest BCUT2D eigenvalue weighted by molar-refractivity contribution is 9.10. The van der Waals surface area contributed by atoms with E-state index in [0.717, 1.165) is 10.0 Å². The molecule has 0 radical (unpaired) electrons. The normalized spacial score (nSPS) is 11.1. The smallest absolute Gasteiger partial charge is 0.255 e. The van der Waals surface area contributed by atoms with Crippen molar-refractivity contribution < 1.29 is 13.2 Å². The van der Waals surface area contributed by atoms with Crippen LogP contribution in [0.25, 0.3) is 0 Å². The van der Waals surface area contributed by atoms with Gasteiger partial charge in [-0.15, -0.1) is 6.58 Å². The van der Waals surface area contributed by atoms with Gasteiger partial charge in [-0.25, -0.2) is 13.1 Å². The number of carbonyl (C=O) groups excluding carboxylic acids is 1. The first kappa shape index (κ1) is 18.4. The highest BCUT2D eigenvalue weighted by atomic mass is 79.9. The molecule has 0 unspecified atom stereocenters. The summed E-state index contributed by atoms with van der Waals surface area (Å²) in [4.78, 5) is 12.4. The Labute approximate surface area is 150 Å². The first-order chi connectivity index (χ1) is 11.3. The second kappa shape index (κ2) is 7.74. The minimum absolute atomic E-state index is 0.0979. The third kappa shape index (κ3) is 4.53. The largest absolute Gasteiger partial charge is 0.322 e. The van der Waals surface area contributed by atoms with Crippen LogP contribution in [0.5, 0.6) is 0 Å². The molecular formula is C17H17BrN2O3S. The van der Waals surface area contributed by atoms with Crippen LogP contribution in [0.15, 0.2) is 64.5 Å². The van der Waals surface area contributed by atoms with E-state index in [1.165, 1.54) is 30.3 Å². The monoisotopic (exact) mass is 408 g/mol. The average molecular weight is 409 g/mol. The molecule has 0 aromatic heterocycles. The third-order valence-corrected chi connectivity index (χ3v) is 5.21. The highest BCUT2D eigenvalue weighted by Gasteiger charge is 2.14. The van der Waals surface area contributed by atoms with E-state index in [0.29, 0.717) is 11.3 Å². The minimum Gasteiger partial charge on any atom is -0.322 e. The molecule has 0 spiro atoms. The molecule has 5 nitrogen and oxygen atoms in total. The molecule has 2 aromatic rings. The zero-order valence-electron chi connectivity index (χ0n) is 13.0. The molecule has 2 N–H and O–H groups in total. The fraction of sp³-hybridized carbons (Fsp3) is 0.118. The minimum atomic E-state index is -3.59. The van der Waals surface area contributed by atoms with Gasteiger partial charge in [0.25, 0.3) is 5.91 Å². The Hall–Kier alpha value is -1.96. The standard InChI is InChI=1S/C17H17BrN2O3S/c1-3-10-19-24(22,23)15-7-4-13(5-8-15)17(21)20-16-9-6-14(18)11-12(16)2/h3-9,11,19H,1,10H2,2H3,(H,20,21). The Morgan fingerprint density at radius 3 is 2.46 bits per heavy atom. The van der Waals surface area contributed by atoms with Gasteiger partial charge in [-0.1, -0.05) is 22.0 Å². The number of nitrogens with one attached hydrogen (secondary N) is 2. The number of carbonyl (C=O) groups is 1. The van der Waals surface area contributed by atoms with Crippen LogP contribution >= 0.6 is 15.9 Å². The fourth-order valence-corrected chi connectivity index (χ4v) is 3.47. The van der Waals surface area contributed by atoms with Crippen molar-refractivity contribution in [2.24, 2.45) is 0 Å². The summed E-state index contributed by atoms with van der Waals surface area (Å²) in [6.45, 7) is 5.50. The molecule has 0 fully saturated rings. The summed E-state index contributed by atoms with van der Waals surface area (Å²) in [5.74, 6) is -0.302. The van der Waals surface area contributed by atoms with Crippen LogP contribution in [-0.4, -0.2) is 20.9 Å². The number of rotatable bonds is 6. The van der Waals surface area contributed by atoms with Crippen molar-refractivity contribution in [3.63, 3.8) is 0 Å². The van der Waals surface area contributed by atoms with Crippen LogP contribution in [-0.2, 0) is 10.0 Å². The molecule has 0 aliphatic carbocycles. The summed E-state index contributed by atoms with van der Waals surface area (Å²) < 4.78 is 27.3. The second-order valence-electron chi connectivity index (χ2n) is 5.08. The van der Waals surface area contributed by atoms with Gasteiger partial charge in [0, 0.05) is 22.3 Å². The fourth-order valence-electron chi connectivity index (χ4n) is 2.00. The van der Waals surface area contributed by atoms with Crippen molar-refractivity contribution in [1.29, 1.82) is 0 Å². The van der Waals surface area contributed by atoms with Gasteiger partial charge in [0.05, 0.1) is 4.90 Å². The molecule has 0 atom stereocenters. The number of hydrogen-bond donors (Lipinski definition) is 2. The van der Waals surface area contributed by atoms with E-state index >= 15 is 0 Å². The summed E-state index contributed by atoms with van der Waals surface area (Å²) in [7, 11) is -3.59. The predicted octanol–water partition coefficient (Wildman–Crippen LogP) is 3.47. The summed E-state index contributed by atoms with van der Waals surface area (Å²) in [5.41, 5.74) is 2.00. The average Bonchev–Trinajstić information content (AvgIpc) is 2.55. The molecule has 0 aliphatic rings. The lowest BCUT2D eigenvalue weighted by Crippen LogP contribution is -2.23. The van der Waals surface area contributed by atoms with E-state index in [1.54, 1.807) is 6.07 Å². The van der Waals surface area contributed by atoms with Gasteiger partial charge in [0.1, 0.15) is 0 Å². The van der Waals surface area contributed by atoms with Crippen molar-refractivity contribution in [2.75, 3.05) is 11.9 Å². The van der Waals surface area contributed by atoms with Crippen LogP contribution in [0.1, 0.15) is 15.9 Å². The molecule has 2 aromatic carbocycles. The van der Waals surface area contributed by atoms with E-state index in [2.05, 4.69) is 32.5 Å². The number of aryl methyl sites for hydroxylation is 1. The van der Waals surface area contributed by atoms with E-state index in [4.69, 9.17) is 0 Å². The van der Waals surface area contributed by atoms with Crippen LogP contribution < -0.4 is 10.0 Å². The summed E-state index contributed by atoms with van der Waals surface area (Å²) in [6, 6.07) is 11.3. The number of amides is 1. The zero-order chi connectivity index (χ0) is 17.7. The Kier molecular flexibility index (Phi) is 5.93. The maximum absolute atomic E-state index is 12.3. The van der Waals surface area contributed by atoms with Gasteiger partial charge >= 0.3 is 0 Å². The van der Waals surface area contributed by atoms with Gasteiger partial charge in [0.2, 0.25) is 10.0 Å². The molecule has 126 valence electrons. The van der Waals surface area contributed by atoms with Crippen LogP contribution in [0.3, 0.4) is 0 Å². The van der Waals surface area contributed by atoms with Gasteiger partial charge in [-0.3, -0.25) is 4.79 Å². The van der Waals surface area contributed by atoms with Crippen LogP contribution in [0.2, 0.25) is 0 Å². The van der Waals surface area contributed by atoms with Crippen molar-refractivity contribution in [2.45, 2.75) is 11.8 Å². The van der Waals surface area contributed by atoms with Crippen LogP contribution in [0.4, 0.5) is 5.69 Å². The van der Waals surface area contributed by atoms with Crippen molar-refractivity contribution >= 4 is 37.5 Å². The van der Waals surface area contributed by atoms with E-state index in [1.807, 2.05) is 19.1 Å². The topological polar surface area (TPSA) is 75.3 Å². The lowest BCUT2D eigenvalue weighted by Gasteiger charge is -2.09. The molecule has 0 saturated carbocycles. The number of benzene rings is 2. The molecule has 0 heterocycles. The van der Waals surface area contributed by atoms with Gasteiger partial charge in [0.15, 0.2) is 0 Å². The Morgan fingerprint density at radius 2 is 1.88 bits per heavy atom. The summed E-state index contributed by atoms with van der Waals surface area (Å²) >= 11 is 3.37. The number of hydrogen-bond acceptors (Lipinski definition) is 3. The third-order valence-electron chi connectivity index (χ3n) is 3.28. The van der Waals surface area contributed by atoms with E-state index in [-0.39, 0.29) is 17.3 Å².